The normalized spacial score (nSPS) is 10.2. The highest BCUT2D eigenvalue weighted by Crippen LogP contribution is 2.16. The van der Waals surface area contributed by atoms with Gasteiger partial charge in [-0.2, -0.15) is 0 Å². The summed E-state index contributed by atoms with van der Waals surface area (Å²) in [5.74, 6) is 0.740. The SMILES string of the molecule is CCOc1cccc(CNC(=O)c2cc(C)cc(Br)c2)c1. The number of hydrogen-bond acceptors (Lipinski definition) is 2. The van der Waals surface area contributed by atoms with Crippen LogP contribution in [-0.2, 0) is 6.54 Å². The van der Waals surface area contributed by atoms with Gasteiger partial charge < -0.3 is 10.1 Å². The molecule has 0 radical (unpaired) electrons. The molecule has 2 rings (SSSR count). The quantitative estimate of drug-likeness (QED) is 0.884. The summed E-state index contributed by atoms with van der Waals surface area (Å²) in [6.07, 6.45) is 0. The van der Waals surface area contributed by atoms with E-state index in [0.717, 1.165) is 21.3 Å². The van der Waals surface area contributed by atoms with Gasteiger partial charge in [-0.3, -0.25) is 4.79 Å². The van der Waals surface area contributed by atoms with Gasteiger partial charge in [0.25, 0.3) is 5.91 Å². The van der Waals surface area contributed by atoms with E-state index in [1.807, 2.05) is 56.3 Å². The Balaban J connectivity index is 2.02. The van der Waals surface area contributed by atoms with Crippen LogP contribution in [0.25, 0.3) is 0 Å². The number of nitrogens with one attached hydrogen (secondary N) is 1. The first-order valence-corrected chi connectivity index (χ1v) is 7.65. The number of benzene rings is 2. The molecule has 0 bridgehead atoms. The molecule has 1 amide bonds. The van der Waals surface area contributed by atoms with Crippen molar-refractivity contribution in [3.8, 4) is 5.75 Å². The summed E-state index contributed by atoms with van der Waals surface area (Å²) in [6.45, 7) is 5.02. The van der Waals surface area contributed by atoms with Crippen LogP contribution in [0.3, 0.4) is 0 Å². The van der Waals surface area contributed by atoms with Crippen LogP contribution in [0.4, 0.5) is 0 Å². The summed E-state index contributed by atoms with van der Waals surface area (Å²) in [4.78, 5) is 12.2. The van der Waals surface area contributed by atoms with Gasteiger partial charge in [0.15, 0.2) is 0 Å². The van der Waals surface area contributed by atoms with Gasteiger partial charge in [0.1, 0.15) is 5.75 Å². The van der Waals surface area contributed by atoms with Crippen molar-refractivity contribution in [2.24, 2.45) is 0 Å². The molecule has 0 saturated carbocycles. The zero-order chi connectivity index (χ0) is 15.2. The van der Waals surface area contributed by atoms with Crippen molar-refractivity contribution in [1.29, 1.82) is 0 Å². The maximum atomic E-state index is 12.2. The number of rotatable bonds is 5. The Morgan fingerprint density at radius 2 is 2.05 bits per heavy atom. The lowest BCUT2D eigenvalue weighted by Crippen LogP contribution is -2.22. The Bertz CT molecular complexity index is 620. The van der Waals surface area contributed by atoms with Crippen LogP contribution < -0.4 is 10.1 Å². The number of aryl methyl sites for hydroxylation is 1. The lowest BCUT2D eigenvalue weighted by atomic mass is 10.1. The molecule has 4 heteroatoms. The zero-order valence-corrected chi connectivity index (χ0v) is 13.7. The van der Waals surface area contributed by atoms with Gasteiger partial charge in [-0.25, -0.2) is 0 Å². The highest BCUT2D eigenvalue weighted by Gasteiger charge is 2.07. The van der Waals surface area contributed by atoms with E-state index in [4.69, 9.17) is 4.74 Å². The number of carbonyl (C=O) groups excluding carboxylic acids is 1. The smallest absolute Gasteiger partial charge is 0.251 e. The second kappa shape index (κ2) is 7.27. The minimum Gasteiger partial charge on any atom is -0.494 e. The third-order valence-electron chi connectivity index (χ3n) is 2.97. The molecule has 3 nitrogen and oxygen atoms in total. The fourth-order valence-corrected chi connectivity index (χ4v) is 2.67. The lowest BCUT2D eigenvalue weighted by molar-refractivity contribution is 0.0950. The van der Waals surface area contributed by atoms with Crippen molar-refractivity contribution in [3.63, 3.8) is 0 Å². The van der Waals surface area contributed by atoms with E-state index in [2.05, 4.69) is 21.2 Å². The molecule has 2 aromatic carbocycles. The summed E-state index contributed by atoms with van der Waals surface area (Å²) >= 11 is 3.41. The van der Waals surface area contributed by atoms with E-state index in [0.29, 0.717) is 18.7 Å². The van der Waals surface area contributed by atoms with Crippen LogP contribution in [0.1, 0.15) is 28.4 Å². The molecule has 0 aliphatic heterocycles. The average Bonchev–Trinajstić information content (AvgIpc) is 2.44. The maximum Gasteiger partial charge on any atom is 0.251 e. The van der Waals surface area contributed by atoms with Crippen molar-refractivity contribution in [2.75, 3.05) is 6.61 Å². The summed E-state index contributed by atoms with van der Waals surface area (Å²) in [6, 6.07) is 13.4. The number of ether oxygens (including phenoxy) is 1. The Morgan fingerprint density at radius 1 is 1.24 bits per heavy atom. The maximum absolute atomic E-state index is 12.2. The minimum absolute atomic E-state index is 0.0822. The Kier molecular flexibility index (Phi) is 5.39. The fraction of sp³-hybridized carbons (Fsp3) is 0.235. The molecule has 2 aromatic rings. The molecule has 0 aliphatic rings. The van der Waals surface area contributed by atoms with Crippen LogP contribution in [0.5, 0.6) is 5.75 Å². The van der Waals surface area contributed by atoms with E-state index >= 15 is 0 Å². The second-order valence-corrected chi connectivity index (χ2v) is 5.70. The molecule has 0 aliphatic carbocycles. The molecule has 0 fully saturated rings. The van der Waals surface area contributed by atoms with Gasteiger partial charge in [0.2, 0.25) is 0 Å². The summed E-state index contributed by atoms with van der Waals surface area (Å²) < 4.78 is 6.36. The van der Waals surface area contributed by atoms with Gasteiger partial charge in [-0.05, 0) is 55.3 Å². The number of amides is 1. The Labute approximate surface area is 133 Å². The van der Waals surface area contributed by atoms with Crippen molar-refractivity contribution in [3.05, 3.63) is 63.6 Å². The molecule has 0 unspecified atom stereocenters. The molecule has 0 saturated heterocycles. The standard InChI is InChI=1S/C17H18BrNO2/c1-3-21-16-6-4-5-13(9-16)11-19-17(20)14-7-12(2)8-15(18)10-14/h4-10H,3,11H2,1-2H3,(H,19,20). The fourth-order valence-electron chi connectivity index (χ4n) is 2.06. The Hall–Kier alpha value is -1.81. The first kappa shape index (κ1) is 15.6. The molecule has 110 valence electrons. The molecule has 1 N–H and O–H groups in total. The summed E-state index contributed by atoms with van der Waals surface area (Å²) in [5, 5.41) is 2.92. The summed E-state index contributed by atoms with van der Waals surface area (Å²) in [5.41, 5.74) is 2.72. The third kappa shape index (κ3) is 4.60. The molecular formula is C17H18BrNO2. The van der Waals surface area contributed by atoms with E-state index in [9.17, 15) is 4.79 Å². The van der Waals surface area contributed by atoms with E-state index in [1.165, 1.54) is 0 Å². The molecule has 0 spiro atoms. The number of hydrogen-bond donors (Lipinski definition) is 1. The third-order valence-corrected chi connectivity index (χ3v) is 3.42. The van der Waals surface area contributed by atoms with E-state index < -0.39 is 0 Å². The molecule has 0 atom stereocenters. The van der Waals surface area contributed by atoms with Crippen molar-refractivity contribution in [2.45, 2.75) is 20.4 Å². The highest BCUT2D eigenvalue weighted by atomic mass is 79.9. The largest absolute Gasteiger partial charge is 0.494 e. The first-order valence-electron chi connectivity index (χ1n) is 6.85. The summed E-state index contributed by atoms with van der Waals surface area (Å²) in [7, 11) is 0. The van der Waals surface area contributed by atoms with Crippen molar-refractivity contribution in [1.82, 2.24) is 5.32 Å². The predicted octanol–water partition coefficient (Wildman–Crippen LogP) is 4.09. The average molecular weight is 348 g/mol. The predicted molar refractivity (Wildman–Crippen MR) is 87.7 cm³/mol. The van der Waals surface area contributed by atoms with Gasteiger partial charge in [-0.1, -0.05) is 28.1 Å². The van der Waals surface area contributed by atoms with Crippen LogP contribution in [0, 0.1) is 6.92 Å². The van der Waals surface area contributed by atoms with Crippen molar-refractivity contribution < 1.29 is 9.53 Å². The second-order valence-electron chi connectivity index (χ2n) is 4.78. The van der Waals surface area contributed by atoms with Crippen LogP contribution in [0.15, 0.2) is 46.9 Å². The monoisotopic (exact) mass is 347 g/mol. The first-order chi connectivity index (χ1) is 10.1. The van der Waals surface area contributed by atoms with Gasteiger partial charge >= 0.3 is 0 Å². The van der Waals surface area contributed by atoms with Gasteiger partial charge in [0, 0.05) is 16.6 Å². The lowest BCUT2D eigenvalue weighted by Gasteiger charge is -2.08. The van der Waals surface area contributed by atoms with E-state index in [-0.39, 0.29) is 5.91 Å². The van der Waals surface area contributed by atoms with Gasteiger partial charge in [-0.15, -0.1) is 0 Å². The minimum atomic E-state index is -0.0822. The highest BCUT2D eigenvalue weighted by molar-refractivity contribution is 9.10. The number of carbonyl (C=O) groups is 1. The van der Waals surface area contributed by atoms with Crippen LogP contribution >= 0.6 is 15.9 Å². The molecular weight excluding hydrogens is 330 g/mol. The molecule has 21 heavy (non-hydrogen) atoms. The number of halogens is 1. The molecule has 0 aromatic heterocycles. The molecule has 0 heterocycles. The zero-order valence-electron chi connectivity index (χ0n) is 12.2. The Morgan fingerprint density at radius 3 is 2.76 bits per heavy atom. The van der Waals surface area contributed by atoms with Crippen LogP contribution in [-0.4, -0.2) is 12.5 Å². The van der Waals surface area contributed by atoms with Gasteiger partial charge in [0.05, 0.1) is 6.61 Å². The van der Waals surface area contributed by atoms with Crippen molar-refractivity contribution >= 4 is 21.8 Å². The van der Waals surface area contributed by atoms with E-state index in [1.54, 1.807) is 0 Å². The van der Waals surface area contributed by atoms with Crippen LogP contribution in [0.2, 0.25) is 0 Å². The topological polar surface area (TPSA) is 38.3 Å².